The molecule has 0 radical (unpaired) electrons. The van der Waals surface area contributed by atoms with Gasteiger partial charge < -0.3 is 10.6 Å². The molecule has 104 valence electrons. The molecular formula is C17H26N2. The number of hydrogen-bond acceptors (Lipinski definition) is 2. The van der Waals surface area contributed by atoms with Crippen molar-refractivity contribution < 1.29 is 0 Å². The molecule has 2 N–H and O–H groups in total. The first kappa shape index (κ1) is 13.0. The number of benzene rings is 1. The largest absolute Gasteiger partial charge is 0.367 e. The first-order valence-corrected chi connectivity index (χ1v) is 7.57. The van der Waals surface area contributed by atoms with Gasteiger partial charge >= 0.3 is 0 Å². The number of nitrogens with zero attached hydrogens (tertiary/aromatic N) is 1. The van der Waals surface area contributed by atoms with E-state index >= 15 is 0 Å². The van der Waals surface area contributed by atoms with Gasteiger partial charge in [0.1, 0.15) is 0 Å². The van der Waals surface area contributed by atoms with Crippen molar-refractivity contribution in [2.75, 3.05) is 18.5 Å². The highest BCUT2D eigenvalue weighted by Gasteiger charge is 2.52. The van der Waals surface area contributed by atoms with Crippen LogP contribution in [-0.2, 0) is 0 Å². The third-order valence-corrected chi connectivity index (χ3v) is 5.56. The summed E-state index contributed by atoms with van der Waals surface area (Å²) in [5.74, 6) is 1.72. The lowest BCUT2D eigenvalue weighted by atomic mass is 9.79. The standard InChI is InChI=1S/C17H26N2/c1-12-6-13(2)8-16(7-12)19(3)17(11-18)10-14-4-5-15(17)9-14/h6-8,14-15H,4-5,9-11,18H2,1-3H3. The van der Waals surface area contributed by atoms with Gasteiger partial charge in [0, 0.05) is 19.3 Å². The molecule has 19 heavy (non-hydrogen) atoms. The van der Waals surface area contributed by atoms with Crippen molar-refractivity contribution in [3.05, 3.63) is 29.3 Å². The van der Waals surface area contributed by atoms with Gasteiger partial charge in [-0.05, 0) is 74.6 Å². The Bertz CT molecular complexity index is 462. The highest BCUT2D eigenvalue weighted by Crippen LogP contribution is 2.53. The van der Waals surface area contributed by atoms with E-state index in [0.717, 1.165) is 18.4 Å². The predicted octanol–water partition coefficient (Wildman–Crippen LogP) is 3.26. The van der Waals surface area contributed by atoms with Crippen LogP contribution in [0.4, 0.5) is 5.69 Å². The molecule has 0 aliphatic heterocycles. The van der Waals surface area contributed by atoms with Crippen LogP contribution in [0.3, 0.4) is 0 Å². The summed E-state index contributed by atoms with van der Waals surface area (Å²) in [5, 5.41) is 0. The van der Waals surface area contributed by atoms with Gasteiger partial charge in [-0.25, -0.2) is 0 Å². The van der Waals surface area contributed by atoms with Crippen molar-refractivity contribution in [3.8, 4) is 0 Å². The van der Waals surface area contributed by atoms with Crippen LogP contribution in [0, 0.1) is 25.7 Å². The molecule has 2 bridgehead atoms. The second kappa shape index (κ2) is 4.52. The fraction of sp³-hybridized carbons (Fsp3) is 0.647. The Morgan fingerprint density at radius 2 is 1.89 bits per heavy atom. The zero-order valence-corrected chi connectivity index (χ0v) is 12.4. The van der Waals surface area contributed by atoms with Crippen LogP contribution < -0.4 is 10.6 Å². The quantitative estimate of drug-likeness (QED) is 0.901. The van der Waals surface area contributed by atoms with E-state index in [1.54, 1.807) is 0 Å². The molecule has 2 saturated carbocycles. The molecule has 0 heterocycles. The summed E-state index contributed by atoms with van der Waals surface area (Å²) in [6.07, 6.45) is 5.48. The summed E-state index contributed by atoms with van der Waals surface area (Å²) in [6, 6.07) is 6.85. The van der Waals surface area contributed by atoms with Crippen molar-refractivity contribution in [3.63, 3.8) is 0 Å². The zero-order chi connectivity index (χ0) is 13.6. The summed E-state index contributed by atoms with van der Waals surface area (Å²) in [4.78, 5) is 2.50. The minimum atomic E-state index is 0.211. The average molecular weight is 258 g/mol. The maximum Gasteiger partial charge on any atom is 0.0551 e. The van der Waals surface area contributed by atoms with Gasteiger partial charge in [-0.15, -0.1) is 0 Å². The molecule has 0 aromatic heterocycles. The Hall–Kier alpha value is -1.02. The van der Waals surface area contributed by atoms with Crippen molar-refractivity contribution in [2.24, 2.45) is 17.6 Å². The first-order chi connectivity index (χ1) is 9.05. The fourth-order valence-electron chi connectivity index (χ4n) is 4.61. The number of likely N-dealkylation sites (N-methyl/N-ethyl adjacent to an activating group) is 1. The molecule has 1 aromatic rings. The molecule has 3 atom stereocenters. The Balaban J connectivity index is 1.95. The predicted molar refractivity (Wildman–Crippen MR) is 81.6 cm³/mol. The van der Waals surface area contributed by atoms with Gasteiger partial charge in [0.15, 0.2) is 0 Å². The molecule has 0 amide bonds. The third-order valence-electron chi connectivity index (χ3n) is 5.56. The van der Waals surface area contributed by atoms with Crippen molar-refractivity contribution in [2.45, 2.75) is 45.1 Å². The first-order valence-electron chi connectivity index (χ1n) is 7.57. The molecule has 1 aromatic carbocycles. The van der Waals surface area contributed by atoms with E-state index < -0.39 is 0 Å². The van der Waals surface area contributed by atoms with E-state index in [0.29, 0.717) is 0 Å². The fourth-order valence-corrected chi connectivity index (χ4v) is 4.61. The Kier molecular flexibility index (Phi) is 3.09. The minimum absolute atomic E-state index is 0.211. The van der Waals surface area contributed by atoms with Gasteiger partial charge in [-0.2, -0.15) is 0 Å². The number of nitrogens with two attached hydrogens (primary N) is 1. The monoisotopic (exact) mass is 258 g/mol. The minimum Gasteiger partial charge on any atom is -0.367 e. The maximum absolute atomic E-state index is 6.23. The topological polar surface area (TPSA) is 29.3 Å². The number of rotatable bonds is 3. The lowest BCUT2D eigenvalue weighted by Crippen LogP contribution is -2.56. The Morgan fingerprint density at radius 1 is 1.21 bits per heavy atom. The maximum atomic E-state index is 6.23. The second-order valence-corrected chi connectivity index (χ2v) is 6.79. The van der Waals surface area contributed by atoms with Crippen LogP contribution in [0.25, 0.3) is 0 Å². The van der Waals surface area contributed by atoms with Gasteiger partial charge in [-0.1, -0.05) is 6.07 Å². The highest BCUT2D eigenvalue weighted by atomic mass is 15.2. The van der Waals surface area contributed by atoms with Crippen LogP contribution >= 0.6 is 0 Å². The van der Waals surface area contributed by atoms with Crippen LogP contribution in [0.2, 0.25) is 0 Å². The zero-order valence-electron chi connectivity index (χ0n) is 12.4. The van der Waals surface area contributed by atoms with Gasteiger partial charge in [0.25, 0.3) is 0 Å². The SMILES string of the molecule is Cc1cc(C)cc(N(C)C2(CN)CC3CCC2C3)c1. The summed E-state index contributed by atoms with van der Waals surface area (Å²) in [7, 11) is 2.25. The lowest BCUT2D eigenvalue weighted by Gasteiger charge is -2.46. The molecule has 0 spiro atoms. The molecule has 2 heteroatoms. The van der Waals surface area contributed by atoms with Crippen molar-refractivity contribution in [1.29, 1.82) is 0 Å². The van der Waals surface area contributed by atoms with Gasteiger partial charge in [0.05, 0.1) is 5.54 Å². The average Bonchev–Trinajstić information content (AvgIpc) is 2.97. The van der Waals surface area contributed by atoms with E-state index in [4.69, 9.17) is 5.73 Å². The molecule has 0 saturated heterocycles. The molecule has 3 unspecified atom stereocenters. The van der Waals surface area contributed by atoms with E-state index in [2.05, 4.69) is 44.0 Å². The normalized spacial score (nSPS) is 32.8. The Labute approximate surface area is 117 Å². The number of fused-ring (bicyclic) bond motifs is 2. The highest BCUT2D eigenvalue weighted by molar-refractivity contribution is 5.53. The van der Waals surface area contributed by atoms with E-state index in [1.165, 1.54) is 42.5 Å². The third kappa shape index (κ3) is 1.97. The lowest BCUT2D eigenvalue weighted by molar-refractivity contribution is 0.267. The van der Waals surface area contributed by atoms with Crippen LogP contribution in [0.1, 0.15) is 36.8 Å². The van der Waals surface area contributed by atoms with Gasteiger partial charge in [-0.3, -0.25) is 0 Å². The molecule has 3 rings (SSSR count). The number of aryl methyl sites for hydroxylation is 2. The number of hydrogen-bond donors (Lipinski definition) is 1. The Morgan fingerprint density at radius 3 is 2.37 bits per heavy atom. The summed E-state index contributed by atoms with van der Waals surface area (Å²) >= 11 is 0. The van der Waals surface area contributed by atoms with Gasteiger partial charge in [0.2, 0.25) is 0 Å². The number of anilines is 1. The molecule has 2 aliphatic carbocycles. The van der Waals surface area contributed by atoms with Crippen molar-refractivity contribution >= 4 is 5.69 Å². The molecule has 2 nitrogen and oxygen atoms in total. The summed E-state index contributed by atoms with van der Waals surface area (Å²) < 4.78 is 0. The molecule has 2 fully saturated rings. The molecular weight excluding hydrogens is 232 g/mol. The van der Waals surface area contributed by atoms with E-state index in [-0.39, 0.29) is 5.54 Å². The summed E-state index contributed by atoms with van der Waals surface area (Å²) in [6.45, 7) is 5.15. The summed E-state index contributed by atoms with van der Waals surface area (Å²) in [5.41, 5.74) is 10.5. The van der Waals surface area contributed by atoms with E-state index in [9.17, 15) is 0 Å². The van der Waals surface area contributed by atoms with Crippen LogP contribution in [-0.4, -0.2) is 19.1 Å². The smallest absolute Gasteiger partial charge is 0.0551 e. The van der Waals surface area contributed by atoms with Crippen LogP contribution in [0.5, 0.6) is 0 Å². The van der Waals surface area contributed by atoms with Crippen molar-refractivity contribution in [1.82, 2.24) is 0 Å². The van der Waals surface area contributed by atoms with E-state index in [1.807, 2.05) is 0 Å². The van der Waals surface area contributed by atoms with Crippen LogP contribution in [0.15, 0.2) is 18.2 Å². The molecule has 2 aliphatic rings. The second-order valence-electron chi connectivity index (χ2n) is 6.79.